The van der Waals surface area contributed by atoms with Gasteiger partial charge < -0.3 is 19.7 Å². The van der Waals surface area contributed by atoms with Crippen molar-refractivity contribution in [3.63, 3.8) is 0 Å². The number of amides is 2. The maximum atomic E-state index is 12.6. The lowest BCUT2D eigenvalue weighted by atomic mass is 10.0. The summed E-state index contributed by atoms with van der Waals surface area (Å²) in [5.41, 5.74) is 0.620. The van der Waals surface area contributed by atoms with Gasteiger partial charge >= 0.3 is 11.9 Å². The maximum absolute atomic E-state index is 12.6. The van der Waals surface area contributed by atoms with Gasteiger partial charge in [-0.05, 0) is 37.8 Å². The van der Waals surface area contributed by atoms with Gasteiger partial charge in [0.2, 0.25) is 5.91 Å². The van der Waals surface area contributed by atoms with E-state index in [9.17, 15) is 19.2 Å². The van der Waals surface area contributed by atoms with E-state index in [1.54, 1.807) is 31.2 Å². The molecule has 0 aliphatic carbocycles. The molecule has 1 atom stereocenters. The van der Waals surface area contributed by atoms with Crippen LogP contribution in [0.15, 0.2) is 36.0 Å². The van der Waals surface area contributed by atoms with E-state index in [-0.39, 0.29) is 12.3 Å². The third-order valence-electron chi connectivity index (χ3n) is 4.35. The van der Waals surface area contributed by atoms with Crippen molar-refractivity contribution in [2.75, 3.05) is 19.8 Å². The SMILES string of the molecule is CCOC(=O)C1CCCCN1C(=O)COC(=O)/C(=C\c1ccccc1)NC(C)=O. The minimum Gasteiger partial charge on any atom is -0.464 e. The number of esters is 2. The Balaban J connectivity index is 2.04. The van der Waals surface area contributed by atoms with Gasteiger partial charge in [0.1, 0.15) is 11.7 Å². The van der Waals surface area contributed by atoms with Crippen molar-refractivity contribution in [2.24, 2.45) is 0 Å². The fourth-order valence-electron chi connectivity index (χ4n) is 3.05. The summed E-state index contributed by atoms with van der Waals surface area (Å²) in [4.78, 5) is 49.9. The molecule has 1 saturated heterocycles. The Hall–Kier alpha value is -3.16. The third-order valence-corrected chi connectivity index (χ3v) is 4.35. The number of hydrogen-bond acceptors (Lipinski definition) is 6. The lowest BCUT2D eigenvalue weighted by Crippen LogP contribution is -2.50. The van der Waals surface area contributed by atoms with E-state index in [2.05, 4.69) is 5.32 Å². The highest BCUT2D eigenvalue weighted by Crippen LogP contribution is 2.18. The number of likely N-dealkylation sites (tertiary alicyclic amines) is 1. The Morgan fingerprint density at radius 3 is 2.52 bits per heavy atom. The first-order valence-electron chi connectivity index (χ1n) is 9.60. The van der Waals surface area contributed by atoms with Crippen molar-refractivity contribution in [1.29, 1.82) is 0 Å². The minimum atomic E-state index is -0.831. The van der Waals surface area contributed by atoms with Crippen molar-refractivity contribution in [3.05, 3.63) is 41.6 Å². The Morgan fingerprint density at radius 2 is 1.86 bits per heavy atom. The molecule has 1 fully saturated rings. The highest BCUT2D eigenvalue weighted by Gasteiger charge is 2.33. The van der Waals surface area contributed by atoms with Crippen LogP contribution >= 0.6 is 0 Å². The second-order valence-corrected chi connectivity index (χ2v) is 6.58. The van der Waals surface area contributed by atoms with Crippen molar-refractivity contribution >= 4 is 29.8 Å². The highest BCUT2D eigenvalue weighted by molar-refractivity contribution is 5.98. The molecule has 1 N–H and O–H groups in total. The molecule has 156 valence electrons. The molecule has 8 heteroatoms. The highest BCUT2D eigenvalue weighted by atomic mass is 16.5. The lowest BCUT2D eigenvalue weighted by molar-refractivity contribution is -0.160. The first-order valence-corrected chi connectivity index (χ1v) is 9.60. The van der Waals surface area contributed by atoms with Crippen LogP contribution in [0.25, 0.3) is 6.08 Å². The van der Waals surface area contributed by atoms with Gasteiger partial charge in [0.05, 0.1) is 6.61 Å². The number of carbonyl (C=O) groups excluding carboxylic acids is 4. The summed E-state index contributed by atoms with van der Waals surface area (Å²) < 4.78 is 10.2. The number of carbonyl (C=O) groups is 4. The molecule has 2 rings (SSSR count). The Morgan fingerprint density at radius 1 is 1.14 bits per heavy atom. The van der Waals surface area contributed by atoms with Crippen LogP contribution in [0.3, 0.4) is 0 Å². The van der Waals surface area contributed by atoms with Gasteiger partial charge in [-0.2, -0.15) is 0 Å². The van der Waals surface area contributed by atoms with Crippen LogP contribution in [-0.4, -0.2) is 54.5 Å². The molecule has 1 aliphatic heterocycles. The van der Waals surface area contributed by atoms with E-state index in [1.807, 2.05) is 6.07 Å². The summed E-state index contributed by atoms with van der Waals surface area (Å²) in [6.07, 6.45) is 3.57. The van der Waals surface area contributed by atoms with E-state index in [0.29, 0.717) is 18.5 Å². The van der Waals surface area contributed by atoms with Crippen LogP contribution in [0.5, 0.6) is 0 Å². The molecular weight excluding hydrogens is 376 g/mol. The number of benzene rings is 1. The number of piperidine rings is 1. The summed E-state index contributed by atoms with van der Waals surface area (Å²) in [5.74, 6) is -2.19. The molecule has 1 unspecified atom stereocenters. The molecule has 2 amide bonds. The molecular formula is C21H26N2O6. The molecule has 8 nitrogen and oxygen atoms in total. The summed E-state index contributed by atoms with van der Waals surface area (Å²) in [5, 5.41) is 2.42. The second-order valence-electron chi connectivity index (χ2n) is 6.58. The van der Waals surface area contributed by atoms with Crippen molar-refractivity contribution in [1.82, 2.24) is 10.2 Å². The van der Waals surface area contributed by atoms with Crippen molar-refractivity contribution < 1.29 is 28.7 Å². The Kier molecular flexibility index (Phi) is 8.39. The van der Waals surface area contributed by atoms with Gasteiger partial charge in [0.15, 0.2) is 6.61 Å². The average Bonchev–Trinajstić information content (AvgIpc) is 2.72. The zero-order chi connectivity index (χ0) is 21.2. The molecule has 0 aromatic heterocycles. The number of nitrogens with one attached hydrogen (secondary N) is 1. The summed E-state index contributed by atoms with van der Waals surface area (Å²) in [7, 11) is 0. The van der Waals surface area contributed by atoms with Gasteiger partial charge in [0.25, 0.3) is 5.91 Å². The average molecular weight is 402 g/mol. The number of nitrogens with zero attached hydrogens (tertiary/aromatic N) is 1. The van der Waals surface area contributed by atoms with Crippen molar-refractivity contribution in [3.8, 4) is 0 Å². The lowest BCUT2D eigenvalue weighted by Gasteiger charge is -2.33. The van der Waals surface area contributed by atoms with Crippen LogP contribution in [0.2, 0.25) is 0 Å². The zero-order valence-electron chi connectivity index (χ0n) is 16.7. The van der Waals surface area contributed by atoms with Gasteiger partial charge in [0, 0.05) is 13.5 Å². The molecule has 1 heterocycles. The van der Waals surface area contributed by atoms with Crippen LogP contribution in [0.4, 0.5) is 0 Å². The second kappa shape index (κ2) is 11.0. The number of rotatable bonds is 7. The van der Waals surface area contributed by atoms with E-state index >= 15 is 0 Å². The van der Waals surface area contributed by atoms with Crippen LogP contribution in [0.1, 0.15) is 38.7 Å². The fraction of sp³-hybridized carbons (Fsp3) is 0.429. The quantitative estimate of drug-likeness (QED) is 0.550. The van der Waals surface area contributed by atoms with Gasteiger partial charge in [-0.1, -0.05) is 30.3 Å². The van der Waals surface area contributed by atoms with Gasteiger partial charge in [-0.25, -0.2) is 9.59 Å². The first kappa shape index (κ1) is 22.1. The molecule has 1 aromatic carbocycles. The van der Waals surface area contributed by atoms with Gasteiger partial charge in [-0.15, -0.1) is 0 Å². The maximum Gasteiger partial charge on any atom is 0.355 e. The smallest absolute Gasteiger partial charge is 0.355 e. The number of hydrogen-bond donors (Lipinski definition) is 1. The standard InChI is InChI=1S/C21H26N2O6/c1-3-28-21(27)18-11-7-8-12-23(18)19(25)14-29-20(26)17(22-15(2)24)13-16-9-5-4-6-10-16/h4-6,9-10,13,18H,3,7-8,11-12,14H2,1-2H3,(H,22,24)/b17-13+. The normalized spacial score (nSPS) is 16.7. The fourth-order valence-corrected chi connectivity index (χ4v) is 3.05. The summed E-state index contributed by atoms with van der Waals surface area (Å²) in [6.45, 7) is 3.08. The molecule has 0 bridgehead atoms. The summed E-state index contributed by atoms with van der Waals surface area (Å²) >= 11 is 0. The topological polar surface area (TPSA) is 102 Å². The predicted octanol–water partition coefficient (Wildman–Crippen LogP) is 1.65. The van der Waals surface area contributed by atoms with E-state index in [4.69, 9.17) is 9.47 Å². The molecule has 1 aromatic rings. The monoisotopic (exact) mass is 402 g/mol. The van der Waals surface area contributed by atoms with E-state index < -0.39 is 36.4 Å². The van der Waals surface area contributed by atoms with E-state index in [0.717, 1.165) is 12.8 Å². The predicted molar refractivity (Wildman–Crippen MR) is 105 cm³/mol. The molecule has 1 aliphatic rings. The largest absolute Gasteiger partial charge is 0.464 e. The summed E-state index contributed by atoms with van der Waals surface area (Å²) in [6, 6.07) is 8.26. The first-order chi connectivity index (χ1) is 13.9. The van der Waals surface area contributed by atoms with E-state index in [1.165, 1.54) is 17.9 Å². The molecule has 0 radical (unpaired) electrons. The minimum absolute atomic E-state index is 0.0721. The van der Waals surface area contributed by atoms with Gasteiger partial charge in [-0.3, -0.25) is 9.59 Å². The molecule has 29 heavy (non-hydrogen) atoms. The molecule has 0 spiro atoms. The number of ether oxygens (including phenoxy) is 2. The van der Waals surface area contributed by atoms with Crippen molar-refractivity contribution in [2.45, 2.75) is 39.2 Å². The third kappa shape index (κ3) is 6.74. The molecule has 0 saturated carbocycles. The zero-order valence-corrected chi connectivity index (χ0v) is 16.7. The Bertz CT molecular complexity index is 775. The van der Waals surface area contributed by atoms with Crippen LogP contribution in [0, 0.1) is 0 Å². The van der Waals surface area contributed by atoms with Crippen LogP contribution in [-0.2, 0) is 28.7 Å². The van der Waals surface area contributed by atoms with Crippen LogP contribution < -0.4 is 5.32 Å². The Labute approximate surface area is 169 Å².